The molecular weight excluding hydrogens is 402 g/mol. The SMILES string of the molecule is COc1cc(/C=N/N2CCN(C3c4ccccc4-c4ccccc43)CC2)cc(OC)c1O. The zero-order valence-electron chi connectivity index (χ0n) is 18.4. The van der Waals surface area contributed by atoms with Gasteiger partial charge in [-0.05, 0) is 34.4 Å². The molecular formula is C26H27N3O3. The van der Waals surface area contributed by atoms with E-state index in [9.17, 15) is 5.11 Å². The number of aromatic hydroxyl groups is 1. The maximum atomic E-state index is 10.1. The highest BCUT2D eigenvalue weighted by Gasteiger charge is 2.33. The van der Waals surface area contributed by atoms with Gasteiger partial charge in [-0.3, -0.25) is 9.91 Å². The molecule has 0 spiro atoms. The Balaban J connectivity index is 1.30. The van der Waals surface area contributed by atoms with Crippen LogP contribution in [0.2, 0.25) is 0 Å². The van der Waals surface area contributed by atoms with Crippen LogP contribution in [0, 0.1) is 0 Å². The van der Waals surface area contributed by atoms with Gasteiger partial charge in [0.2, 0.25) is 5.75 Å². The predicted molar refractivity (Wildman–Crippen MR) is 126 cm³/mol. The lowest BCUT2D eigenvalue weighted by Gasteiger charge is -2.37. The van der Waals surface area contributed by atoms with Crippen molar-refractivity contribution in [2.75, 3.05) is 40.4 Å². The van der Waals surface area contributed by atoms with Crippen LogP contribution in [0.25, 0.3) is 11.1 Å². The Labute approximate surface area is 188 Å². The first-order valence-corrected chi connectivity index (χ1v) is 10.9. The van der Waals surface area contributed by atoms with Gasteiger partial charge in [-0.25, -0.2) is 0 Å². The fourth-order valence-electron chi connectivity index (χ4n) is 4.74. The molecule has 3 aromatic rings. The Kier molecular flexibility index (Phi) is 5.45. The zero-order valence-corrected chi connectivity index (χ0v) is 18.4. The summed E-state index contributed by atoms with van der Waals surface area (Å²) in [5, 5.41) is 16.9. The molecule has 0 atom stereocenters. The second kappa shape index (κ2) is 8.55. The molecule has 0 radical (unpaired) electrons. The lowest BCUT2D eigenvalue weighted by molar-refractivity contribution is 0.114. The molecule has 0 saturated carbocycles. The normalized spacial score (nSPS) is 16.2. The number of hydrogen-bond donors (Lipinski definition) is 1. The van der Waals surface area contributed by atoms with Crippen molar-refractivity contribution in [3.63, 3.8) is 0 Å². The van der Waals surface area contributed by atoms with Gasteiger partial charge in [0.05, 0.1) is 26.5 Å². The van der Waals surface area contributed by atoms with E-state index in [4.69, 9.17) is 9.47 Å². The highest BCUT2D eigenvalue weighted by molar-refractivity contribution is 5.82. The number of phenols is 1. The summed E-state index contributed by atoms with van der Waals surface area (Å²) in [6.45, 7) is 3.58. The number of methoxy groups -OCH3 is 2. The van der Waals surface area contributed by atoms with E-state index in [1.807, 2.05) is 0 Å². The molecule has 0 bridgehead atoms. The number of rotatable bonds is 5. The molecule has 1 aliphatic heterocycles. The average molecular weight is 430 g/mol. The molecule has 1 saturated heterocycles. The van der Waals surface area contributed by atoms with Gasteiger partial charge in [0, 0.05) is 31.7 Å². The van der Waals surface area contributed by atoms with Crippen LogP contribution in [0.5, 0.6) is 17.2 Å². The van der Waals surface area contributed by atoms with Crippen molar-refractivity contribution < 1.29 is 14.6 Å². The Morgan fingerprint density at radius 1 is 0.844 bits per heavy atom. The molecule has 0 aromatic heterocycles. The van der Waals surface area contributed by atoms with Crippen molar-refractivity contribution >= 4 is 6.21 Å². The first kappa shape index (κ1) is 20.4. The van der Waals surface area contributed by atoms with Crippen LogP contribution in [0.1, 0.15) is 22.7 Å². The van der Waals surface area contributed by atoms with Gasteiger partial charge in [-0.2, -0.15) is 5.10 Å². The Hall–Kier alpha value is -3.51. The van der Waals surface area contributed by atoms with Crippen molar-refractivity contribution in [2.24, 2.45) is 5.10 Å². The number of phenolic OH excluding ortho intramolecular Hbond substituents is 1. The number of hydrazone groups is 1. The number of piperazine rings is 1. The summed E-state index contributed by atoms with van der Waals surface area (Å²) >= 11 is 0. The zero-order chi connectivity index (χ0) is 22.1. The Morgan fingerprint density at radius 3 is 1.91 bits per heavy atom. The largest absolute Gasteiger partial charge is 0.502 e. The molecule has 1 heterocycles. The molecule has 0 unspecified atom stereocenters. The van der Waals surface area contributed by atoms with Crippen molar-refractivity contribution in [3.8, 4) is 28.4 Å². The van der Waals surface area contributed by atoms with Crippen molar-refractivity contribution in [2.45, 2.75) is 6.04 Å². The van der Waals surface area contributed by atoms with Gasteiger partial charge in [-0.15, -0.1) is 0 Å². The standard InChI is InChI=1S/C26H27N3O3/c1-31-23-15-18(16-24(32-2)26(23)30)17-27-29-13-11-28(12-14-29)25-21-9-5-3-7-19(21)20-8-4-6-10-22(20)25/h3-10,15-17,25,30H,11-14H2,1-2H3/b27-17+. The maximum Gasteiger partial charge on any atom is 0.200 e. The summed E-state index contributed by atoms with van der Waals surface area (Å²) in [4.78, 5) is 2.56. The van der Waals surface area contributed by atoms with Crippen LogP contribution < -0.4 is 9.47 Å². The lowest BCUT2D eigenvalue weighted by atomic mass is 10.0. The molecule has 3 aromatic carbocycles. The topological polar surface area (TPSA) is 57.5 Å². The minimum atomic E-state index is -0.00195. The summed E-state index contributed by atoms with van der Waals surface area (Å²) in [6.07, 6.45) is 1.79. The van der Waals surface area contributed by atoms with Gasteiger partial charge < -0.3 is 14.6 Å². The quantitative estimate of drug-likeness (QED) is 0.618. The first-order chi connectivity index (χ1) is 15.7. The van der Waals surface area contributed by atoms with Gasteiger partial charge in [-0.1, -0.05) is 48.5 Å². The molecule has 1 fully saturated rings. The number of nitrogens with zero attached hydrogens (tertiary/aromatic N) is 3. The van der Waals surface area contributed by atoms with Crippen LogP contribution in [0.4, 0.5) is 0 Å². The molecule has 2 aliphatic rings. The fraction of sp³-hybridized carbons (Fsp3) is 0.269. The summed E-state index contributed by atoms with van der Waals surface area (Å²) in [5.74, 6) is 0.737. The second-order valence-electron chi connectivity index (χ2n) is 8.09. The summed E-state index contributed by atoms with van der Waals surface area (Å²) in [7, 11) is 3.04. The Morgan fingerprint density at radius 2 is 1.38 bits per heavy atom. The van der Waals surface area contributed by atoms with E-state index in [1.165, 1.54) is 36.5 Å². The van der Waals surface area contributed by atoms with Gasteiger partial charge in [0.25, 0.3) is 0 Å². The van der Waals surface area contributed by atoms with Crippen molar-refractivity contribution in [1.82, 2.24) is 9.91 Å². The van der Waals surface area contributed by atoms with E-state index < -0.39 is 0 Å². The number of hydrogen-bond acceptors (Lipinski definition) is 6. The molecule has 6 heteroatoms. The van der Waals surface area contributed by atoms with Crippen LogP contribution in [0.3, 0.4) is 0 Å². The molecule has 164 valence electrons. The minimum Gasteiger partial charge on any atom is -0.502 e. The van der Waals surface area contributed by atoms with Crippen LogP contribution in [-0.2, 0) is 0 Å². The summed E-state index contributed by atoms with van der Waals surface area (Å²) in [6, 6.07) is 21.3. The molecule has 0 amide bonds. The van der Waals surface area contributed by atoms with Gasteiger partial charge >= 0.3 is 0 Å². The number of ether oxygens (including phenoxy) is 2. The average Bonchev–Trinajstić information content (AvgIpc) is 3.18. The van der Waals surface area contributed by atoms with Crippen LogP contribution in [-0.4, -0.2) is 61.6 Å². The highest BCUT2D eigenvalue weighted by Crippen LogP contribution is 2.46. The second-order valence-corrected chi connectivity index (χ2v) is 8.09. The number of fused-ring (bicyclic) bond motifs is 3. The molecule has 1 aliphatic carbocycles. The van der Waals surface area contributed by atoms with Gasteiger partial charge in [0.15, 0.2) is 11.5 Å². The Bertz CT molecular complexity index is 1080. The van der Waals surface area contributed by atoms with Crippen molar-refractivity contribution in [3.05, 3.63) is 77.4 Å². The molecule has 32 heavy (non-hydrogen) atoms. The molecule has 1 N–H and O–H groups in total. The highest BCUT2D eigenvalue weighted by atomic mass is 16.5. The third-order valence-corrected chi connectivity index (χ3v) is 6.33. The van der Waals surface area contributed by atoms with E-state index in [1.54, 1.807) is 18.3 Å². The first-order valence-electron chi connectivity index (χ1n) is 10.9. The maximum absolute atomic E-state index is 10.1. The van der Waals surface area contributed by atoms with Gasteiger partial charge in [0.1, 0.15) is 0 Å². The van der Waals surface area contributed by atoms with Crippen LogP contribution >= 0.6 is 0 Å². The summed E-state index contributed by atoms with van der Waals surface area (Å²) < 4.78 is 10.5. The third-order valence-electron chi connectivity index (χ3n) is 6.33. The fourth-order valence-corrected chi connectivity index (χ4v) is 4.74. The lowest BCUT2D eigenvalue weighted by Crippen LogP contribution is -2.45. The van der Waals surface area contributed by atoms with E-state index in [0.717, 1.165) is 31.7 Å². The van der Waals surface area contributed by atoms with Crippen molar-refractivity contribution in [1.29, 1.82) is 0 Å². The monoisotopic (exact) mass is 429 g/mol. The molecule has 6 nitrogen and oxygen atoms in total. The van der Waals surface area contributed by atoms with E-state index in [-0.39, 0.29) is 5.75 Å². The minimum absolute atomic E-state index is 0.00195. The number of benzene rings is 3. The van der Waals surface area contributed by atoms with E-state index in [0.29, 0.717) is 17.5 Å². The predicted octanol–water partition coefficient (Wildman–Crippen LogP) is 4.13. The van der Waals surface area contributed by atoms with E-state index in [2.05, 4.69) is 63.5 Å². The van der Waals surface area contributed by atoms with Crippen LogP contribution in [0.15, 0.2) is 65.8 Å². The third kappa shape index (κ3) is 3.56. The smallest absolute Gasteiger partial charge is 0.200 e. The van der Waals surface area contributed by atoms with E-state index >= 15 is 0 Å². The summed E-state index contributed by atoms with van der Waals surface area (Å²) in [5.41, 5.74) is 6.31. The molecule has 5 rings (SSSR count).